The maximum absolute atomic E-state index is 6.13. The van der Waals surface area contributed by atoms with Crippen molar-refractivity contribution in [2.75, 3.05) is 45.4 Å². The number of morpholine rings is 1. The second-order valence-electron chi connectivity index (χ2n) is 3.46. The van der Waals surface area contributed by atoms with Crippen LogP contribution in [0.1, 0.15) is 0 Å². The fourth-order valence-corrected chi connectivity index (χ4v) is 1.95. The summed E-state index contributed by atoms with van der Waals surface area (Å²) in [7, 11) is 3.03. The van der Waals surface area contributed by atoms with Crippen LogP contribution in [0, 0.1) is 0 Å². The van der Waals surface area contributed by atoms with E-state index in [-0.39, 0.29) is 6.01 Å². The molecule has 0 bridgehead atoms. The lowest BCUT2D eigenvalue weighted by Crippen LogP contribution is -2.36. The Morgan fingerprint density at radius 2 is 1.88 bits per heavy atom. The molecule has 1 aromatic rings. The summed E-state index contributed by atoms with van der Waals surface area (Å²) in [6.07, 6.45) is 0. The summed E-state index contributed by atoms with van der Waals surface area (Å²) in [5.41, 5.74) is 0.693. The second kappa shape index (κ2) is 5.37. The van der Waals surface area contributed by atoms with E-state index in [0.717, 1.165) is 13.1 Å². The lowest BCUT2D eigenvalue weighted by molar-refractivity contribution is 0.122. The average Bonchev–Trinajstić information content (AvgIpc) is 2.38. The largest absolute Gasteiger partial charge is 0.479 e. The number of aromatic nitrogens is 2. The van der Waals surface area contributed by atoms with Crippen molar-refractivity contribution in [1.82, 2.24) is 9.97 Å². The molecule has 17 heavy (non-hydrogen) atoms. The van der Waals surface area contributed by atoms with Crippen LogP contribution in [-0.2, 0) is 4.74 Å². The van der Waals surface area contributed by atoms with Gasteiger partial charge in [0.05, 0.1) is 27.4 Å². The summed E-state index contributed by atoms with van der Waals surface area (Å²) in [5, 5.41) is 0.329. The summed E-state index contributed by atoms with van der Waals surface area (Å²) in [6, 6.07) is 0.198. The third-order valence-electron chi connectivity index (χ3n) is 2.49. The van der Waals surface area contributed by atoms with Gasteiger partial charge in [0.15, 0.2) is 5.15 Å². The van der Waals surface area contributed by atoms with Gasteiger partial charge in [-0.2, -0.15) is 9.97 Å². The fraction of sp³-hybridized carbons (Fsp3) is 0.600. The molecule has 0 atom stereocenters. The highest BCUT2D eigenvalue weighted by molar-refractivity contribution is 6.32. The van der Waals surface area contributed by atoms with E-state index in [2.05, 4.69) is 9.97 Å². The Balaban J connectivity index is 2.36. The van der Waals surface area contributed by atoms with E-state index < -0.39 is 0 Å². The van der Waals surface area contributed by atoms with Crippen molar-refractivity contribution >= 4 is 17.3 Å². The smallest absolute Gasteiger partial charge is 0.321 e. The number of hydrogen-bond donors (Lipinski definition) is 0. The summed E-state index contributed by atoms with van der Waals surface area (Å²) in [5.74, 6) is 0.420. The molecule has 1 aliphatic rings. The number of methoxy groups -OCH3 is 2. The lowest BCUT2D eigenvalue weighted by Gasteiger charge is -2.29. The first-order valence-corrected chi connectivity index (χ1v) is 5.62. The molecule has 1 aliphatic heterocycles. The monoisotopic (exact) mass is 259 g/mol. The Labute approximate surface area is 104 Å². The first kappa shape index (κ1) is 12.2. The molecule has 1 aromatic heterocycles. The topological polar surface area (TPSA) is 56.7 Å². The SMILES string of the molecule is COc1nc(Cl)c(N2CCOCC2)c(OC)n1. The quantitative estimate of drug-likeness (QED) is 0.755. The van der Waals surface area contributed by atoms with Crippen molar-refractivity contribution in [3.05, 3.63) is 5.15 Å². The highest BCUT2D eigenvalue weighted by Gasteiger charge is 2.22. The normalized spacial score (nSPS) is 15.8. The molecule has 2 rings (SSSR count). The number of rotatable bonds is 3. The molecule has 0 N–H and O–H groups in total. The zero-order valence-electron chi connectivity index (χ0n) is 9.77. The molecule has 0 unspecified atom stereocenters. The molecule has 0 spiro atoms. The molecule has 7 heteroatoms. The van der Waals surface area contributed by atoms with E-state index in [1.54, 1.807) is 7.11 Å². The van der Waals surface area contributed by atoms with Gasteiger partial charge >= 0.3 is 6.01 Å². The molecule has 6 nitrogen and oxygen atoms in total. The summed E-state index contributed by atoms with van der Waals surface area (Å²) < 4.78 is 15.5. The van der Waals surface area contributed by atoms with Crippen LogP contribution in [0.5, 0.6) is 11.9 Å². The maximum atomic E-state index is 6.13. The van der Waals surface area contributed by atoms with Crippen LogP contribution in [0.3, 0.4) is 0 Å². The van der Waals surface area contributed by atoms with Crippen molar-refractivity contribution in [1.29, 1.82) is 0 Å². The molecule has 0 amide bonds. The minimum absolute atomic E-state index is 0.198. The summed E-state index contributed by atoms with van der Waals surface area (Å²) in [6.45, 7) is 2.80. The van der Waals surface area contributed by atoms with E-state index in [1.165, 1.54) is 7.11 Å². The third kappa shape index (κ3) is 2.53. The molecule has 0 saturated carbocycles. The van der Waals surface area contributed by atoms with Gasteiger partial charge in [-0.15, -0.1) is 0 Å². The Bertz CT molecular complexity index is 397. The van der Waals surface area contributed by atoms with Crippen LogP contribution < -0.4 is 14.4 Å². The molecule has 0 radical (unpaired) electrons. The lowest BCUT2D eigenvalue weighted by atomic mass is 10.3. The molecule has 0 aromatic carbocycles. The highest BCUT2D eigenvalue weighted by atomic mass is 35.5. The van der Waals surface area contributed by atoms with Crippen LogP contribution in [0.4, 0.5) is 5.69 Å². The second-order valence-corrected chi connectivity index (χ2v) is 3.82. The van der Waals surface area contributed by atoms with Gasteiger partial charge in [-0.1, -0.05) is 11.6 Å². The Hall–Kier alpha value is -1.27. The van der Waals surface area contributed by atoms with Gasteiger partial charge < -0.3 is 19.1 Å². The van der Waals surface area contributed by atoms with Crippen LogP contribution >= 0.6 is 11.6 Å². The van der Waals surface area contributed by atoms with Gasteiger partial charge in [-0.3, -0.25) is 0 Å². The van der Waals surface area contributed by atoms with E-state index in [4.69, 9.17) is 25.8 Å². The van der Waals surface area contributed by atoms with Crippen molar-refractivity contribution in [2.45, 2.75) is 0 Å². The zero-order chi connectivity index (χ0) is 12.3. The van der Waals surface area contributed by atoms with Crippen molar-refractivity contribution < 1.29 is 14.2 Å². The number of ether oxygens (including phenoxy) is 3. The van der Waals surface area contributed by atoms with Gasteiger partial charge in [0.25, 0.3) is 0 Å². The average molecular weight is 260 g/mol. The third-order valence-corrected chi connectivity index (χ3v) is 2.76. The van der Waals surface area contributed by atoms with Gasteiger partial charge in [-0.05, 0) is 0 Å². The van der Waals surface area contributed by atoms with Crippen LogP contribution in [0.25, 0.3) is 0 Å². The number of nitrogens with zero attached hydrogens (tertiary/aromatic N) is 3. The number of hydrogen-bond acceptors (Lipinski definition) is 6. The molecular formula is C10H14ClN3O3. The first-order chi connectivity index (χ1) is 8.26. The van der Waals surface area contributed by atoms with Crippen LogP contribution in [-0.4, -0.2) is 50.5 Å². The molecule has 2 heterocycles. The fourth-order valence-electron chi connectivity index (χ4n) is 1.68. The standard InChI is InChI=1S/C10H14ClN3O3/c1-15-9-7(14-3-5-17-6-4-14)8(11)12-10(13-9)16-2/h3-6H2,1-2H3. The van der Waals surface area contributed by atoms with Crippen molar-refractivity contribution in [3.63, 3.8) is 0 Å². The van der Waals surface area contributed by atoms with E-state index in [9.17, 15) is 0 Å². The summed E-state index contributed by atoms with van der Waals surface area (Å²) in [4.78, 5) is 10.2. The molecule has 94 valence electrons. The van der Waals surface area contributed by atoms with E-state index in [1.807, 2.05) is 4.90 Å². The van der Waals surface area contributed by atoms with Gasteiger partial charge in [0.2, 0.25) is 5.88 Å². The minimum Gasteiger partial charge on any atom is -0.479 e. The molecule has 1 saturated heterocycles. The van der Waals surface area contributed by atoms with Gasteiger partial charge in [0, 0.05) is 13.1 Å². The summed E-state index contributed by atoms with van der Waals surface area (Å²) >= 11 is 6.13. The Kier molecular flexibility index (Phi) is 3.86. The van der Waals surface area contributed by atoms with Crippen molar-refractivity contribution in [3.8, 4) is 11.9 Å². The van der Waals surface area contributed by atoms with E-state index in [0.29, 0.717) is 29.9 Å². The minimum atomic E-state index is 0.198. The molecular weight excluding hydrogens is 246 g/mol. The maximum Gasteiger partial charge on any atom is 0.321 e. The Morgan fingerprint density at radius 3 is 2.47 bits per heavy atom. The van der Waals surface area contributed by atoms with Gasteiger partial charge in [0.1, 0.15) is 5.69 Å². The van der Waals surface area contributed by atoms with Crippen LogP contribution in [0.2, 0.25) is 5.15 Å². The van der Waals surface area contributed by atoms with Crippen molar-refractivity contribution in [2.24, 2.45) is 0 Å². The number of halogens is 1. The zero-order valence-corrected chi connectivity index (χ0v) is 10.5. The van der Waals surface area contributed by atoms with Gasteiger partial charge in [-0.25, -0.2) is 0 Å². The Morgan fingerprint density at radius 1 is 1.18 bits per heavy atom. The molecule has 1 fully saturated rings. The van der Waals surface area contributed by atoms with E-state index >= 15 is 0 Å². The van der Waals surface area contributed by atoms with Crippen LogP contribution in [0.15, 0.2) is 0 Å². The predicted molar refractivity (Wildman–Crippen MR) is 63.2 cm³/mol. The highest BCUT2D eigenvalue weighted by Crippen LogP contribution is 2.34. The number of anilines is 1. The first-order valence-electron chi connectivity index (χ1n) is 5.24. The predicted octanol–water partition coefficient (Wildman–Crippen LogP) is 0.984. The molecule has 0 aliphatic carbocycles.